The Labute approximate surface area is 138 Å². The molecule has 3 nitrogen and oxygen atoms in total. The van der Waals surface area contributed by atoms with Crippen LogP contribution in [0, 0.1) is 6.92 Å². The quantitative estimate of drug-likeness (QED) is 0.724. The molecule has 0 N–H and O–H groups in total. The van der Waals surface area contributed by atoms with Gasteiger partial charge in [0.2, 0.25) is 10.0 Å². The maximum absolute atomic E-state index is 12.8. The predicted molar refractivity (Wildman–Crippen MR) is 95.6 cm³/mol. The maximum Gasteiger partial charge on any atom is 0.243 e. The van der Waals surface area contributed by atoms with Crippen LogP contribution in [0.3, 0.4) is 0 Å². The zero-order valence-corrected chi connectivity index (χ0v) is 14.1. The molecule has 0 aliphatic rings. The molecule has 2 aromatic rings. The second kappa shape index (κ2) is 7.40. The summed E-state index contributed by atoms with van der Waals surface area (Å²) >= 11 is 0. The van der Waals surface area contributed by atoms with Gasteiger partial charge in [-0.05, 0) is 30.2 Å². The summed E-state index contributed by atoms with van der Waals surface area (Å²) in [5, 5.41) is 0. The Morgan fingerprint density at radius 3 is 2.26 bits per heavy atom. The molecule has 2 rings (SSSR count). The molecule has 0 amide bonds. The van der Waals surface area contributed by atoms with Crippen molar-refractivity contribution in [2.45, 2.75) is 11.8 Å². The summed E-state index contributed by atoms with van der Waals surface area (Å²) in [5.74, 6) is 0. The highest BCUT2D eigenvalue weighted by Gasteiger charge is 2.24. The number of sulfonamides is 1. The van der Waals surface area contributed by atoms with Crippen molar-refractivity contribution < 1.29 is 8.42 Å². The number of nitrogens with zero attached hydrogens (tertiary/aromatic N) is 1. The van der Waals surface area contributed by atoms with Crippen LogP contribution in [0.1, 0.15) is 11.1 Å². The summed E-state index contributed by atoms with van der Waals surface area (Å²) < 4.78 is 27.1. The van der Waals surface area contributed by atoms with Crippen LogP contribution >= 0.6 is 0 Å². The summed E-state index contributed by atoms with van der Waals surface area (Å²) in [6.45, 7) is 10.1. The van der Waals surface area contributed by atoms with Gasteiger partial charge in [0, 0.05) is 13.1 Å². The van der Waals surface area contributed by atoms with Crippen molar-refractivity contribution in [3.8, 4) is 0 Å². The normalized spacial score (nSPS) is 11.4. The molecule has 0 aliphatic heterocycles. The Morgan fingerprint density at radius 1 is 1.09 bits per heavy atom. The minimum absolute atomic E-state index is 0.228. The van der Waals surface area contributed by atoms with Crippen molar-refractivity contribution in [1.82, 2.24) is 4.31 Å². The van der Waals surface area contributed by atoms with Gasteiger partial charge in [-0.3, -0.25) is 0 Å². The average Bonchev–Trinajstić information content (AvgIpc) is 2.55. The number of rotatable bonds is 7. The molecule has 0 atom stereocenters. The van der Waals surface area contributed by atoms with Crippen molar-refractivity contribution in [3.63, 3.8) is 0 Å². The molecule has 0 heterocycles. The fourth-order valence-corrected chi connectivity index (χ4v) is 3.63. The average molecular weight is 327 g/mol. The molecule has 0 saturated heterocycles. The van der Waals surface area contributed by atoms with Gasteiger partial charge in [0.15, 0.2) is 0 Å². The molecule has 4 heteroatoms. The van der Waals surface area contributed by atoms with Gasteiger partial charge in [-0.25, -0.2) is 8.42 Å². The van der Waals surface area contributed by atoms with E-state index in [0.29, 0.717) is 0 Å². The van der Waals surface area contributed by atoms with Crippen LogP contribution in [-0.2, 0) is 10.0 Å². The van der Waals surface area contributed by atoms with Crippen molar-refractivity contribution in [2.24, 2.45) is 0 Å². The van der Waals surface area contributed by atoms with Gasteiger partial charge in [0.1, 0.15) is 0 Å². The molecular formula is C19H21NO2S. The van der Waals surface area contributed by atoms with Crippen LogP contribution in [0.2, 0.25) is 0 Å². The number of hydrogen-bond donors (Lipinski definition) is 0. The van der Waals surface area contributed by atoms with Crippen molar-refractivity contribution >= 4 is 15.6 Å². The van der Waals surface area contributed by atoms with Gasteiger partial charge in [-0.1, -0.05) is 60.7 Å². The van der Waals surface area contributed by atoms with Crippen LogP contribution in [-0.4, -0.2) is 25.8 Å². The van der Waals surface area contributed by atoms with E-state index in [1.807, 2.05) is 37.3 Å². The lowest BCUT2D eigenvalue weighted by atomic mass is 10.1. The van der Waals surface area contributed by atoms with E-state index in [9.17, 15) is 8.42 Å². The fraction of sp³-hybridized carbons (Fsp3) is 0.158. The Morgan fingerprint density at radius 2 is 1.70 bits per heavy atom. The van der Waals surface area contributed by atoms with Crippen LogP contribution in [0.15, 0.2) is 78.7 Å². The monoisotopic (exact) mass is 327 g/mol. The zero-order valence-electron chi connectivity index (χ0n) is 13.3. The standard InChI is InChI=1S/C19H21NO2S/c1-4-14-20(15-17(3)18-8-6-5-7-9-18)23(21,22)19-12-10-16(2)11-13-19/h4-13H,1,3,14-15H2,2H3. The largest absolute Gasteiger partial charge is 0.243 e. The zero-order chi connectivity index (χ0) is 16.9. The van der Waals surface area contributed by atoms with E-state index in [4.69, 9.17) is 0 Å². The summed E-state index contributed by atoms with van der Waals surface area (Å²) in [4.78, 5) is 0.283. The van der Waals surface area contributed by atoms with Gasteiger partial charge in [-0.2, -0.15) is 4.31 Å². The molecule has 0 radical (unpaired) electrons. The molecule has 0 saturated carbocycles. The van der Waals surface area contributed by atoms with Gasteiger partial charge in [0.25, 0.3) is 0 Å². The van der Waals surface area contributed by atoms with E-state index in [0.717, 1.165) is 16.7 Å². The molecule has 0 aliphatic carbocycles. The lowest BCUT2D eigenvalue weighted by molar-refractivity contribution is 0.478. The lowest BCUT2D eigenvalue weighted by Crippen LogP contribution is -2.32. The highest BCUT2D eigenvalue weighted by Crippen LogP contribution is 2.20. The van der Waals surface area contributed by atoms with E-state index in [1.165, 1.54) is 4.31 Å². The Hall–Kier alpha value is -2.17. The van der Waals surface area contributed by atoms with Gasteiger partial charge < -0.3 is 0 Å². The molecule has 2 aromatic carbocycles. The minimum Gasteiger partial charge on any atom is -0.207 e. The highest BCUT2D eigenvalue weighted by atomic mass is 32.2. The minimum atomic E-state index is -3.58. The second-order valence-corrected chi connectivity index (χ2v) is 7.31. The first-order valence-electron chi connectivity index (χ1n) is 7.36. The van der Waals surface area contributed by atoms with Crippen LogP contribution in [0.4, 0.5) is 0 Å². The molecule has 0 bridgehead atoms. The van der Waals surface area contributed by atoms with Gasteiger partial charge in [0.05, 0.1) is 4.90 Å². The van der Waals surface area contributed by atoms with Crippen LogP contribution in [0.5, 0.6) is 0 Å². The summed E-state index contributed by atoms with van der Waals surface area (Å²) in [6.07, 6.45) is 1.59. The fourth-order valence-electron chi connectivity index (χ4n) is 2.23. The van der Waals surface area contributed by atoms with E-state index in [-0.39, 0.29) is 18.0 Å². The van der Waals surface area contributed by atoms with Gasteiger partial charge >= 0.3 is 0 Å². The van der Waals surface area contributed by atoms with E-state index in [1.54, 1.807) is 30.3 Å². The third-order valence-electron chi connectivity index (χ3n) is 3.54. The third-order valence-corrected chi connectivity index (χ3v) is 5.37. The number of aryl methyl sites for hydroxylation is 1. The lowest BCUT2D eigenvalue weighted by Gasteiger charge is -2.22. The number of benzene rings is 2. The molecular weight excluding hydrogens is 306 g/mol. The molecule has 23 heavy (non-hydrogen) atoms. The van der Waals surface area contributed by atoms with Crippen LogP contribution < -0.4 is 0 Å². The third kappa shape index (κ3) is 4.18. The topological polar surface area (TPSA) is 37.4 Å². The second-order valence-electron chi connectivity index (χ2n) is 5.37. The highest BCUT2D eigenvalue weighted by molar-refractivity contribution is 7.89. The van der Waals surface area contributed by atoms with Gasteiger partial charge in [-0.15, -0.1) is 6.58 Å². The Bertz CT molecular complexity index is 778. The smallest absolute Gasteiger partial charge is 0.207 e. The summed E-state index contributed by atoms with van der Waals surface area (Å²) in [5.41, 5.74) is 2.71. The van der Waals surface area contributed by atoms with E-state index >= 15 is 0 Å². The molecule has 0 aromatic heterocycles. The first-order valence-corrected chi connectivity index (χ1v) is 8.80. The predicted octanol–water partition coefficient (Wildman–Crippen LogP) is 3.89. The molecule has 120 valence electrons. The Balaban J connectivity index is 2.28. The maximum atomic E-state index is 12.8. The summed E-state index contributed by atoms with van der Waals surface area (Å²) in [7, 11) is -3.58. The van der Waals surface area contributed by atoms with E-state index < -0.39 is 10.0 Å². The number of hydrogen-bond acceptors (Lipinski definition) is 2. The molecule has 0 spiro atoms. The molecule has 0 fully saturated rings. The molecule has 0 unspecified atom stereocenters. The Kier molecular flexibility index (Phi) is 5.53. The van der Waals surface area contributed by atoms with Crippen LogP contribution in [0.25, 0.3) is 5.57 Å². The van der Waals surface area contributed by atoms with Crippen molar-refractivity contribution in [3.05, 3.63) is 85.0 Å². The van der Waals surface area contributed by atoms with Crippen molar-refractivity contribution in [2.75, 3.05) is 13.1 Å². The first kappa shape index (κ1) is 17.2. The van der Waals surface area contributed by atoms with E-state index in [2.05, 4.69) is 13.2 Å². The first-order chi connectivity index (χ1) is 10.9. The summed E-state index contributed by atoms with van der Waals surface area (Å²) in [6, 6.07) is 16.4. The van der Waals surface area contributed by atoms with Crippen molar-refractivity contribution in [1.29, 1.82) is 0 Å². The SMILES string of the molecule is C=CCN(CC(=C)c1ccccc1)S(=O)(=O)c1ccc(C)cc1.